The van der Waals surface area contributed by atoms with E-state index in [1.165, 1.54) is 6.42 Å². The number of aliphatic carboxylic acids is 1. The summed E-state index contributed by atoms with van der Waals surface area (Å²) in [6, 6.07) is 16.7. The lowest BCUT2D eigenvalue weighted by atomic mass is 10.2. The standard InChI is InChI=1S/C15H24N2O2.C9H8O2/c1-4-5-10-16-14-8-6-13(7-9-14)15(18)19-12-11-17(2)3;10-9(11)7-6-8-4-2-1-3-5-8/h6-9,16H,4-5,10-12H2,1-3H3;1-7H,(H,10,11). The molecule has 0 spiro atoms. The van der Waals surface area contributed by atoms with Gasteiger partial charge in [-0.3, -0.25) is 0 Å². The maximum absolute atomic E-state index is 11.7. The number of esters is 1. The van der Waals surface area contributed by atoms with Gasteiger partial charge in [-0.1, -0.05) is 43.7 Å². The molecular formula is C24H32N2O4. The molecule has 6 nitrogen and oxygen atoms in total. The van der Waals surface area contributed by atoms with Gasteiger partial charge in [0.2, 0.25) is 0 Å². The molecule has 162 valence electrons. The number of unbranched alkanes of at least 4 members (excludes halogenated alkanes) is 1. The van der Waals surface area contributed by atoms with E-state index in [9.17, 15) is 9.59 Å². The highest BCUT2D eigenvalue weighted by Crippen LogP contribution is 2.10. The number of nitrogens with zero attached hydrogens (tertiary/aromatic N) is 1. The largest absolute Gasteiger partial charge is 0.478 e. The molecule has 0 fully saturated rings. The van der Waals surface area contributed by atoms with E-state index in [0.29, 0.717) is 12.2 Å². The monoisotopic (exact) mass is 412 g/mol. The SMILES string of the molecule is CCCCNc1ccc(C(=O)OCCN(C)C)cc1.O=C(O)C=Cc1ccccc1. The van der Waals surface area contributed by atoms with Crippen molar-refractivity contribution in [2.24, 2.45) is 0 Å². The van der Waals surface area contributed by atoms with Crippen LogP contribution in [-0.2, 0) is 9.53 Å². The molecule has 2 N–H and O–H groups in total. The van der Waals surface area contributed by atoms with Crippen LogP contribution >= 0.6 is 0 Å². The Morgan fingerprint density at radius 2 is 1.73 bits per heavy atom. The molecule has 0 atom stereocenters. The van der Waals surface area contributed by atoms with Crippen LogP contribution in [0, 0.1) is 0 Å². The highest BCUT2D eigenvalue weighted by Gasteiger charge is 2.06. The molecular weight excluding hydrogens is 380 g/mol. The molecule has 0 aliphatic rings. The molecule has 0 aliphatic heterocycles. The molecule has 0 radical (unpaired) electrons. The van der Waals surface area contributed by atoms with E-state index in [1.807, 2.05) is 61.5 Å². The quantitative estimate of drug-likeness (QED) is 0.342. The van der Waals surface area contributed by atoms with Crippen LogP contribution in [0.5, 0.6) is 0 Å². The lowest BCUT2D eigenvalue weighted by Gasteiger charge is -2.10. The Bertz CT molecular complexity index is 772. The average molecular weight is 413 g/mol. The lowest BCUT2D eigenvalue weighted by Crippen LogP contribution is -2.20. The Labute approximate surface area is 179 Å². The fourth-order valence-corrected chi connectivity index (χ4v) is 2.27. The number of carboxylic acids is 1. The molecule has 0 heterocycles. The summed E-state index contributed by atoms with van der Waals surface area (Å²) in [4.78, 5) is 23.8. The fourth-order valence-electron chi connectivity index (χ4n) is 2.27. The number of hydrogen-bond acceptors (Lipinski definition) is 5. The van der Waals surface area contributed by atoms with Gasteiger partial charge < -0.3 is 20.1 Å². The summed E-state index contributed by atoms with van der Waals surface area (Å²) >= 11 is 0. The van der Waals surface area contributed by atoms with Gasteiger partial charge in [-0.15, -0.1) is 0 Å². The number of hydrogen-bond donors (Lipinski definition) is 2. The summed E-state index contributed by atoms with van der Waals surface area (Å²) in [6.07, 6.45) is 5.00. The maximum atomic E-state index is 11.7. The van der Waals surface area contributed by atoms with Crippen molar-refractivity contribution in [1.29, 1.82) is 0 Å². The first-order valence-corrected chi connectivity index (χ1v) is 10.0. The van der Waals surface area contributed by atoms with Crippen LogP contribution in [0.25, 0.3) is 6.08 Å². The lowest BCUT2D eigenvalue weighted by molar-refractivity contribution is -0.131. The topological polar surface area (TPSA) is 78.9 Å². The number of carboxylic acid groups (broad SMARTS) is 1. The second-order valence-electron chi connectivity index (χ2n) is 6.88. The fraction of sp³-hybridized carbons (Fsp3) is 0.333. The van der Waals surface area contributed by atoms with E-state index in [2.05, 4.69) is 12.2 Å². The van der Waals surface area contributed by atoms with Gasteiger partial charge in [0.05, 0.1) is 5.56 Å². The van der Waals surface area contributed by atoms with Gasteiger partial charge in [0.15, 0.2) is 0 Å². The van der Waals surface area contributed by atoms with Crippen molar-refractivity contribution in [3.05, 3.63) is 71.8 Å². The van der Waals surface area contributed by atoms with Crippen LogP contribution in [0.15, 0.2) is 60.7 Å². The van der Waals surface area contributed by atoms with Crippen molar-refractivity contribution in [2.45, 2.75) is 19.8 Å². The zero-order valence-corrected chi connectivity index (χ0v) is 18.0. The first-order chi connectivity index (χ1) is 14.4. The number of ether oxygens (including phenoxy) is 1. The van der Waals surface area contributed by atoms with Crippen molar-refractivity contribution >= 4 is 23.7 Å². The Hall–Kier alpha value is -3.12. The predicted octanol–water partition coefficient (Wildman–Crippen LogP) is 4.40. The van der Waals surface area contributed by atoms with E-state index >= 15 is 0 Å². The van der Waals surface area contributed by atoms with Crippen molar-refractivity contribution < 1.29 is 19.4 Å². The third-order valence-corrected chi connectivity index (χ3v) is 3.97. The van der Waals surface area contributed by atoms with Gasteiger partial charge in [-0.05, 0) is 56.4 Å². The normalized spacial score (nSPS) is 10.4. The molecule has 0 saturated carbocycles. The smallest absolute Gasteiger partial charge is 0.338 e. The average Bonchev–Trinajstić information content (AvgIpc) is 2.74. The van der Waals surface area contributed by atoms with E-state index in [-0.39, 0.29) is 5.97 Å². The van der Waals surface area contributed by atoms with Crippen LogP contribution in [0.2, 0.25) is 0 Å². The second kappa shape index (κ2) is 14.8. The third-order valence-electron chi connectivity index (χ3n) is 3.97. The summed E-state index contributed by atoms with van der Waals surface area (Å²) in [5.41, 5.74) is 2.54. The van der Waals surface area contributed by atoms with E-state index in [1.54, 1.807) is 18.2 Å². The van der Waals surface area contributed by atoms with Crippen LogP contribution in [0.1, 0.15) is 35.7 Å². The summed E-state index contributed by atoms with van der Waals surface area (Å²) < 4.78 is 5.18. The summed E-state index contributed by atoms with van der Waals surface area (Å²) in [5.74, 6) is -1.18. The molecule has 0 bridgehead atoms. The van der Waals surface area contributed by atoms with Crippen LogP contribution < -0.4 is 5.32 Å². The van der Waals surface area contributed by atoms with Gasteiger partial charge in [0.25, 0.3) is 0 Å². The molecule has 0 saturated heterocycles. The number of carbonyl (C=O) groups is 2. The Morgan fingerprint density at radius 1 is 1.07 bits per heavy atom. The molecule has 2 aromatic carbocycles. The molecule has 0 unspecified atom stereocenters. The predicted molar refractivity (Wildman–Crippen MR) is 122 cm³/mol. The second-order valence-corrected chi connectivity index (χ2v) is 6.88. The zero-order valence-electron chi connectivity index (χ0n) is 18.0. The molecule has 0 amide bonds. The zero-order chi connectivity index (χ0) is 22.2. The number of likely N-dealkylation sites (N-methyl/N-ethyl adjacent to an activating group) is 1. The Kier molecular flexibility index (Phi) is 12.3. The van der Waals surface area contributed by atoms with Crippen molar-refractivity contribution in [2.75, 3.05) is 39.1 Å². The highest BCUT2D eigenvalue weighted by molar-refractivity contribution is 5.89. The van der Waals surface area contributed by atoms with E-state index in [0.717, 1.165) is 36.8 Å². The molecule has 2 aromatic rings. The van der Waals surface area contributed by atoms with Gasteiger partial charge in [-0.2, -0.15) is 0 Å². The first kappa shape index (κ1) is 24.9. The maximum Gasteiger partial charge on any atom is 0.338 e. The molecule has 2 rings (SSSR count). The molecule has 30 heavy (non-hydrogen) atoms. The van der Waals surface area contributed by atoms with Crippen molar-refractivity contribution in [1.82, 2.24) is 4.90 Å². The van der Waals surface area contributed by atoms with Gasteiger partial charge >= 0.3 is 11.9 Å². The highest BCUT2D eigenvalue weighted by atomic mass is 16.5. The van der Waals surface area contributed by atoms with Gasteiger partial charge in [0.1, 0.15) is 6.61 Å². The van der Waals surface area contributed by atoms with Crippen molar-refractivity contribution in [3.63, 3.8) is 0 Å². The minimum Gasteiger partial charge on any atom is -0.478 e. The Balaban J connectivity index is 0.000000346. The molecule has 6 heteroatoms. The minimum atomic E-state index is -0.922. The first-order valence-electron chi connectivity index (χ1n) is 10.0. The minimum absolute atomic E-state index is 0.262. The number of nitrogens with one attached hydrogen (secondary N) is 1. The third kappa shape index (κ3) is 11.7. The van der Waals surface area contributed by atoms with Gasteiger partial charge in [0, 0.05) is 24.9 Å². The van der Waals surface area contributed by atoms with E-state index < -0.39 is 5.97 Å². The molecule has 0 aliphatic carbocycles. The number of anilines is 1. The van der Waals surface area contributed by atoms with Crippen LogP contribution in [0.3, 0.4) is 0 Å². The van der Waals surface area contributed by atoms with Crippen LogP contribution in [-0.4, -0.2) is 55.7 Å². The van der Waals surface area contributed by atoms with Gasteiger partial charge in [-0.25, -0.2) is 9.59 Å². The van der Waals surface area contributed by atoms with E-state index in [4.69, 9.17) is 9.84 Å². The summed E-state index contributed by atoms with van der Waals surface area (Å²) in [6.45, 7) is 4.28. The number of rotatable bonds is 10. The van der Waals surface area contributed by atoms with Crippen LogP contribution in [0.4, 0.5) is 5.69 Å². The summed E-state index contributed by atoms with van der Waals surface area (Å²) in [5, 5.41) is 11.6. The summed E-state index contributed by atoms with van der Waals surface area (Å²) in [7, 11) is 3.90. The van der Waals surface area contributed by atoms with Crippen molar-refractivity contribution in [3.8, 4) is 0 Å². The number of carbonyl (C=O) groups excluding carboxylic acids is 1. The number of benzene rings is 2. The Morgan fingerprint density at radius 3 is 2.30 bits per heavy atom. The molecule has 0 aromatic heterocycles.